The van der Waals surface area contributed by atoms with Gasteiger partial charge in [0.25, 0.3) is 0 Å². The minimum atomic E-state index is 0.840. The zero-order chi connectivity index (χ0) is 12.3. The molecule has 2 aromatic rings. The van der Waals surface area contributed by atoms with Gasteiger partial charge in [0.2, 0.25) is 0 Å². The van der Waals surface area contributed by atoms with E-state index in [-0.39, 0.29) is 0 Å². The maximum absolute atomic E-state index is 4.37. The van der Waals surface area contributed by atoms with Gasteiger partial charge in [-0.3, -0.25) is 4.68 Å². The van der Waals surface area contributed by atoms with Crippen molar-refractivity contribution in [2.24, 2.45) is 0 Å². The van der Waals surface area contributed by atoms with Crippen molar-refractivity contribution in [1.82, 2.24) is 15.1 Å². The van der Waals surface area contributed by atoms with Gasteiger partial charge in [0.15, 0.2) is 0 Å². The molecule has 0 bridgehead atoms. The van der Waals surface area contributed by atoms with Gasteiger partial charge in [-0.15, -0.1) is 0 Å². The average Bonchev–Trinajstić information content (AvgIpc) is 2.64. The van der Waals surface area contributed by atoms with Crippen LogP contribution in [0.1, 0.15) is 22.3 Å². The van der Waals surface area contributed by atoms with Gasteiger partial charge in [-0.05, 0) is 26.5 Å². The third-order valence-electron chi connectivity index (χ3n) is 2.69. The van der Waals surface area contributed by atoms with Crippen molar-refractivity contribution in [3.05, 3.63) is 52.8 Å². The zero-order valence-electron chi connectivity index (χ0n) is 10.7. The molecule has 2 rings (SSSR count). The van der Waals surface area contributed by atoms with Crippen molar-refractivity contribution < 1.29 is 0 Å². The molecule has 0 aliphatic rings. The second-order valence-corrected chi connectivity index (χ2v) is 4.57. The largest absolute Gasteiger partial charge is 0.316 e. The van der Waals surface area contributed by atoms with Gasteiger partial charge >= 0.3 is 0 Å². The lowest BCUT2D eigenvalue weighted by Crippen LogP contribution is -2.04. The normalized spacial score (nSPS) is 10.8. The summed E-state index contributed by atoms with van der Waals surface area (Å²) in [6, 6.07) is 6.62. The molecule has 1 heterocycles. The van der Waals surface area contributed by atoms with Crippen LogP contribution in [0.3, 0.4) is 0 Å². The van der Waals surface area contributed by atoms with Crippen molar-refractivity contribution in [1.29, 1.82) is 0 Å². The van der Waals surface area contributed by atoms with E-state index >= 15 is 0 Å². The van der Waals surface area contributed by atoms with Crippen LogP contribution in [-0.2, 0) is 13.1 Å². The van der Waals surface area contributed by atoms with E-state index in [0.29, 0.717) is 0 Å². The van der Waals surface area contributed by atoms with Gasteiger partial charge in [-0.1, -0.05) is 29.3 Å². The molecule has 0 fully saturated rings. The summed E-state index contributed by atoms with van der Waals surface area (Å²) in [6.07, 6.45) is 4.01. The first-order valence-electron chi connectivity index (χ1n) is 5.90. The lowest BCUT2D eigenvalue weighted by Gasteiger charge is -2.05. The minimum Gasteiger partial charge on any atom is -0.316 e. The first-order chi connectivity index (χ1) is 8.17. The van der Waals surface area contributed by atoms with E-state index in [1.54, 1.807) is 0 Å². The Balaban J connectivity index is 2.13. The van der Waals surface area contributed by atoms with Crippen molar-refractivity contribution in [2.45, 2.75) is 26.9 Å². The van der Waals surface area contributed by atoms with E-state index < -0.39 is 0 Å². The van der Waals surface area contributed by atoms with E-state index in [2.05, 4.69) is 48.7 Å². The Hall–Kier alpha value is -1.61. The number of nitrogens with one attached hydrogen (secondary N) is 1. The summed E-state index contributed by atoms with van der Waals surface area (Å²) >= 11 is 0. The van der Waals surface area contributed by atoms with Crippen LogP contribution in [0.5, 0.6) is 0 Å². The van der Waals surface area contributed by atoms with Crippen molar-refractivity contribution in [2.75, 3.05) is 7.05 Å². The molecular weight excluding hydrogens is 210 g/mol. The Bertz CT molecular complexity index is 480. The number of rotatable bonds is 4. The van der Waals surface area contributed by atoms with E-state index in [1.807, 2.05) is 17.9 Å². The SMILES string of the molecule is CNCc1cnn(Cc2cc(C)cc(C)c2)c1. The van der Waals surface area contributed by atoms with Crippen molar-refractivity contribution >= 4 is 0 Å². The van der Waals surface area contributed by atoms with Crippen LogP contribution in [0.2, 0.25) is 0 Å². The summed E-state index contributed by atoms with van der Waals surface area (Å²) in [6.45, 7) is 5.97. The molecule has 0 saturated carbocycles. The summed E-state index contributed by atoms with van der Waals surface area (Å²) in [7, 11) is 1.95. The van der Waals surface area contributed by atoms with Gasteiger partial charge < -0.3 is 5.32 Å². The summed E-state index contributed by atoms with van der Waals surface area (Å²) in [5.74, 6) is 0. The van der Waals surface area contributed by atoms with E-state index in [0.717, 1.165) is 13.1 Å². The maximum Gasteiger partial charge on any atom is 0.0659 e. The zero-order valence-corrected chi connectivity index (χ0v) is 10.7. The highest BCUT2D eigenvalue weighted by Crippen LogP contribution is 2.10. The molecule has 90 valence electrons. The quantitative estimate of drug-likeness (QED) is 0.871. The van der Waals surface area contributed by atoms with Crippen LogP contribution in [0.15, 0.2) is 30.6 Å². The maximum atomic E-state index is 4.37. The van der Waals surface area contributed by atoms with Crippen molar-refractivity contribution in [3.63, 3.8) is 0 Å². The van der Waals surface area contributed by atoms with E-state index in [4.69, 9.17) is 0 Å². The fourth-order valence-corrected chi connectivity index (χ4v) is 2.14. The molecule has 1 aromatic heterocycles. The Morgan fingerprint density at radius 1 is 1.12 bits per heavy atom. The molecular formula is C14H19N3. The number of aromatic nitrogens is 2. The lowest BCUT2D eigenvalue weighted by molar-refractivity contribution is 0.684. The highest BCUT2D eigenvalue weighted by atomic mass is 15.3. The topological polar surface area (TPSA) is 29.9 Å². The summed E-state index contributed by atoms with van der Waals surface area (Å²) < 4.78 is 1.99. The van der Waals surface area contributed by atoms with Crippen LogP contribution >= 0.6 is 0 Å². The van der Waals surface area contributed by atoms with Crippen LogP contribution in [0.4, 0.5) is 0 Å². The summed E-state index contributed by atoms with van der Waals surface area (Å²) in [5.41, 5.74) is 5.14. The average molecular weight is 229 g/mol. The molecule has 3 nitrogen and oxygen atoms in total. The molecule has 1 N–H and O–H groups in total. The second-order valence-electron chi connectivity index (χ2n) is 4.57. The predicted octanol–water partition coefficient (Wildman–Crippen LogP) is 2.27. The summed E-state index contributed by atoms with van der Waals surface area (Å²) in [5, 5.41) is 7.49. The number of hydrogen-bond acceptors (Lipinski definition) is 2. The van der Waals surface area contributed by atoms with Crippen LogP contribution in [-0.4, -0.2) is 16.8 Å². The van der Waals surface area contributed by atoms with E-state index in [1.165, 1.54) is 22.3 Å². The first kappa shape index (κ1) is 11.9. The molecule has 0 amide bonds. The Kier molecular flexibility index (Phi) is 3.59. The van der Waals surface area contributed by atoms with Gasteiger partial charge in [0.05, 0.1) is 12.7 Å². The monoisotopic (exact) mass is 229 g/mol. The summed E-state index contributed by atoms with van der Waals surface area (Å²) in [4.78, 5) is 0. The van der Waals surface area contributed by atoms with Crippen LogP contribution < -0.4 is 5.32 Å². The van der Waals surface area contributed by atoms with Gasteiger partial charge in [0, 0.05) is 18.3 Å². The predicted molar refractivity (Wildman–Crippen MR) is 70.0 cm³/mol. The first-order valence-corrected chi connectivity index (χ1v) is 5.90. The molecule has 1 aromatic carbocycles. The van der Waals surface area contributed by atoms with Gasteiger partial charge in [-0.2, -0.15) is 5.10 Å². The molecule has 0 saturated heterocycles. The number of aryl methyl sites for hydroxylation is 2. The lowest BCUT2D eigenvalue weighted by atomic mass is 10.1. The van der Waals surface area contributed by atoms with E-state index in [9.17, 15) is 0 Å². The Labute approximate surface area is 102 Å². The van der Waals surface area contributed by atoms with Gasteiger partial charge in [-0.25, -0.2) is 0 Å². The molecule has 0 unspecified atom stereocenters. The Morgan fingerprint density at radius 2 is 1.82 bits per heavy atom. The molecule has 3 heteroatoms. The fourth-order valence-electron chi connectivity index (χ4n) is 2.14. The second kappa shape index (κ2) is 5.15. The van der Waals surface area contributed by atoms with Crippen molar-refractivity contribution in [3.8, 4) is 0 Å². The molecule has 0 spiro atoms. The molecule has 0 aliphatic heterocycles. The third kappa shape index (κ3) is 3.17. The number of nitrogens with zero attached hydrogens (tertiary/aromatic N) is 2. The minimum absolute atomic E-state index is 0.840. The highest BCUT2D eigenvalue weighted by molar-refractivity contribution is 5.28. The highest BCUT2D eigenvalue weighted by Gasteiger charge is 2.00. The molecule has 0 atom stereocenters. The third-order valence-corrected chi connectivity index (χ3v) is 2.69. The van der Waals surface area contributed by atoms with Crippen LogP contribution in [0.25, 0.3) is 0 Å². The standard InChI is InChI=1S/C14H19N3/c1-11-4-12(2)6-13(5-11)9-17-10-14(7-15-3)8-16-17/h4-6,8,10,15H,7,9H2,1-3H3. The van der Waals surface area contributed by atoms with Gasteiger partial charge in [0.1, 0.15) is 0 Å². The number of benzene rings is 1. The smallest absolute Gasteiger partial charge is 0.0659 e. The molecule has 0 radical (unpaired) electrons. The molecule has 0 aliphatic carbocycles. The Morgan fingerprint density at radius 3 is 2.47 bits per heavy atom. The number of hydrogen-bond donors (Lipinski definition) is 1. The molecule has 17 heavy (non-hydrogen) atoms. The fraction of sp³-hybridized carbons (Fsp3) is 0.357. The van der Waals surface area contributed by atoms with Crippen LogP contribution in [0, 0.1) is 13.8 Å².